The van der Waals surface area contributed by atoms with Crippen LogP contribution in [0.4, 0.5) is 0 Å². The molecule has 2 atom stereocenters. The van der Waals surface area contributed by atoms with Crippen LogP contribution in [0.2, 0.25) is 0 Å². The Balaban J connectivity index is -0.0000159. The highest BCUT2D eigenvalue weighted by Crippen LogP contribution is 2.34. The zero-order valence-corrected chi connectivity index (χ0v) is 42.9. The predicted molar refractivity (Wildman–Crippen MR) is 271 cm³/mol. The lowest BCUT2D eigenvalue weighted by molar-refractivity contribution is -0.140. The van der Waals surface area contributed by atoms with Gasteiger partial charge in [-0.25, -0.2) is 4.98 Å². The lowest BCUT2D eigenvalue weighted by Gasteiger charge is -2.33. The molecule has 0 saturated carbocycles. The van der Waals surface area contributed by atoms with Crippen LogP contribution in [-0.4, -0.2) is 113 Å². The summed E-state index contributed by atoms with van der Waals surface area (Å²) in [4.78, 5) is 107. The van der Waals surface area contributed by atoms with Crippen molar-refractivity contribution in [2.45, 2.75) is 201 Å². The summed E-state index contributed by atoms with van der Waals surface area (Å²) in [6.07, 6.45) is 20.8. The zero-order chi connectivity index (χ0) is 51.7. The first-order valence-electron chi connectivity index (χ1n) is 25.4. The Kier molecular flexibility index (Phi) is 31.4. The summed E-state index contributed by atoms with van der Waals surface area (Å²) in [5.41, 5.74) is 8.78. The van der Waals surface area contributed by atoms with Crippen LogP contribution in [0.25, 0.3) is 0 Å². The summed E-state index contributed by atoms with van der Waals surface area (Å²) in [6.45, 7) is 11.1. The number of rotatable bonds is 44. The van der Waals surface area contributed by atoms with Crippen molar-refractivity contribution in [2.24, 2.45) is 28.2 Å². The average Bonchev–Trinajstić information content (AvgIpc) is 3.78. The molecular formula is C51H95N7O11. The van der Waals surface area contributed by atoms with Crippen LogP contribution in [-0.2, 0) is 54.3 Å². The van der Waals surface area contributed by atoms with Crippen molar-refractivity contribution in [3.8, 4) is 0 Å². The van der Waals surface area contributed by atoms with Crippen LogP contribution in [0.15, 0.2) is 12.5 Å². The molecular weight excluding hydrogens is 887 g/mol. The second kappa shape index (κ2) is 34.7. The van der Waals surface area contributed by atoms with Gasteiger partial charge in [-0.05, 0) is 39.5 Å². The van der Waals surface area contributed by atoms with E-state index in [1.54, 1.807) is 47.7 Å². The highest BCUT2D eigenvalue weighted by Gasteiger charge is 2.41. The highest BCUT2D eigenvalue weighted by atomic mass is 16.5. The van der Waals surface area contributed by atoms with Crippen molar-refractivity contribution in [3.63, 3.8) is 0 Å². The maximum atomic E-state index is 13.6. The van der Waals surface area contributed by atoms with Crippen molar-refractivity contribution in [3.05, 3.63) is 18.2 Å². The minimum atomic E-state index is -1.31. The number of imidazole rings is 1. The molecule has 1 heterocycles. The number of primary amides is 1. The number of carbonyl (C=O) groups is 8. The number of aliphatic carboxylic acids is 1. The number of carboxylic acids is 1. The quantitative estimate of drug-likeness (QED) is 0.0335. The van der Waals surface area contributed by atoms with E-state index in [1.807, 2.05) is 0 Å². The molecule has 9 N–H and O–H groups in total. The molecule has 0 unspecified atom stereocenters. The molecule has 0 aliphatic rings. The number of unbranched alkanes of at least 4 members (excludes halogenated alkanes) is 14. The molecule has 4 amide bonds. The zero-order valence-electron chi connectivity index (χ0n) is 42.9. The molecule has 18 nitrogen and oxygen atoms in total. The van der Waals surface area contributed by atoms with E-state index in [4.69, 9.17) is 26.0 Å². The first-order chi connectivity index (χ1) is 32.6. The molecule has 1 aromatic rings. The van der Waals surface area contributed by atoms with E-state index in [0.29, 0.717) is 51.1 Å². The molecule has 1 aromatic heterocycles. The molecule has 0 aliphatic heterocycles. The van der Waals surface area contributed by atoms with E-state index in [1.165, 1.54) is 57.7 Å². The molecule has 0 bridgehead atoms. The third kappa shape index (κ3) is 29.9. The van der Waals surface area contributed by atoms with E-state index in [0.717, 1.165) is 38.5 Å². The van der Waals surface area contributed by atoms with Gasteiger partial charge in [0.2, 0.25) is 23.6 Å². The van der Waals surface area contributed by atoms with E-state index in [2.05, 4.69) is 25.9 Å². The van der Waals surface area contributed by atoms with Gasteiger partial charge in [0.05, 0.1) is 37.7 Å². The van der Waals surface area contributed by atoms with E-state index < -0.39 is 46.1 Å². The number of nitrogens with zero attached hydrogens (tertiary/aromatic N) is 1. The molecule has 0 aromatic carbocycles. The Hall–Kier alpha value is -4.55. The van der Waals surface area contributed by atoms with Gasteiger partial charge in [-0.15, -0.1) is 0 Å². The van der Waals surface area contributed by atoms with Crippen LogP contribution in [0, 0.1) is 16.7 Å². The van der Waals surface area contributed by atoms with Crippen molar-refractivity contribution in [1.29, 1.82) is 0 Å². The van der Waals surface area contributed by atoms with Crippen LogP contribution >= 0.6 is 0 Å². The molecule has 1 rings (SSSR count). The fourth-order valence-electron chi connectivity index (χ4n) is 7.72. The number of Topliss-reactive ketones (excluding diaryl/α,β-unsaturated/α-hetero) is 3. The molecule has 0 saturated heterocycles. The average molecular weight is 982 g/mol. The van der Waals surface area contributed by atoms with Gasteiger partial charge in [-0.1, -0.05) is 111 Å². The van der Waals surface area contributed by atoms with Crippen LogP contribution in [0.5, 0.6) is 0 Å². The van der Waals surface area contributed by atoms with Gasteiger partial charge in [-0.3, -0.25) is 38.4 Å². The van der Waals surface area contributed by atoms with Crippen molar-refractivity contribution in [1.82, 2.24) is 25.9 Å². The number of carboxylic acid groups (broad SMARTS) is 1. The molecule has 0 aliphatic carbocycles. The normalized spacial score (nSPS) is 12.8. The van der Waals surface area contributed by atoms with Crippen molar-refractivity contribution in [2.75, 3.05) is 39.5 Å². The van der Waals surface area contributed by atoms with Crippen LogP contribution in [0.3, 0.4) is 0 Å². The third-order valence-electron chi connectivity index (χ3n) is 12.5. The Morgan fingerprint density at radius 1 is 0.667 bits per heavy atom. The minimum Gasteiger partial charge on any atom is -0.481 e. The summed E-state index contributed by atoms with van der Waals surface area (Å²) in [6, 6.07) is -0.922. The van der Waals surface area contributed by atoms with Gasteiger partial charge in [0.1, 0.15) is 18.2 Å². The lowest BCUT2D eigenvalue weighted by Crippen LogP contribution is -2.56. The SMILES string of the molecule is CC(C)(CC(=O)C(C)(C)CC(=O)C(C)(C)NC(=O)[C@@H](N)Cc1cnc[nH]1)C(=O)C[C@@H](CCCCNC(=O)COCCOCCNC(=O)CCCCCCCCCCCCCCCCC(=O)O)C(N)=O.[HH].[HH].[HH]. The number of hydrogen-bond donors (Lipinski definition) is 7. The summed E-state index contributed by atoms with van der Waals surface area (Å²) >= 11 is 0. The third-order valence-corrected chi connectivity index (χ3v) is 12.5. The van der Waals surface area contributed by atoms with E-state index in [-0.39, 0.29) is 85.4 Å². The lowest BCUT2D eigenvalue weighted by atomic mass is 9.71. The van der Waals surface area contributed by atoms with Gasteiger partial charge < -0.3 is 47.0 Å². The number of hydrogen-bond acceptors (Lipinski definition) is 12. The minimum absolute atomic E-state index is 0. The summed E-state index contributed by atoms with van der Waals surface area (Å²) in [5.74, 6) is -3.87. The number of aromatic nitrogens is 2. The molecule has 0 fully saturated rings. The van der Waals surface area contributed by atoms with Crippen molar-refractivity contribution >= 4 is 46.9 Å². The largest absolute Gasteiger partial charge is 0.481 e. The van der Waals surface area contributed by atoms with Crippen LogP contribution in [0.1, 0.15) is 193 Å². The predicted octanol–water partition coefficient (Wildman–Crippen LogP) is 6.71. The fourth-order valence-corrected chi connectivity index (χ4v) is 7.72. The Bertz CT molecular complexity index is 1720. The maximum Gasteiger partial charge on any atom is 0.303 e. The van der Waals surface area contributed by atoms with E-state index >= 15 is 0 Å². The standard InChI is InChI=1S/C51H89N7O11.3H2/c1-49(2,33-42(60)50(3,4)34-43(61)51(5,6)58-48(67)40(52)32-39-35-54-37-57-39)41(59)31-38(47(53)66)23-21-22-26-55-45(63)36-69-30-29-68-28-27-56-44(62)24-19-17-15-13-11-9-7-8-10-12-14-16-18-20-25-46(64)65;;;/h35,37-38,40H,7-34,36,52H2,1-6H3,(H2,53,66)(H,54,57)(H,55,63)(H,56,62)(H,58,67)(H,64,65);3*1H/t38-,40+;;;/m1.../s1. The summed E-state index contributed by atoms with van der Waals surface area (Å²) in [7, 11) is 0. The second-order valence-corrected chi connectivity index (χ2v) is 20.4. The number of nitrogens with two attached hydrogens (primary N) is 2. The summed E-state index contributed by atoms with van der Waals surface area (Å²) in [5, 5.41) is 17.0. The van der Waals surface area contributed by atoms with Gasteiger partial charge in [0.15, 0.2) is 5.78 Å². The van der Waals surface area contributed by atoms with Gasteiger partial charge in [-0.2, -0.15) is 0 Å². The van der Waals surface area contributed by atoms with Crippen LogP contribution < -0.4 is 27.4 Å². The Morgan fingerprint density at radius 3 is 1.74 bits per heavy atom. The number of nitrogens with one attached hydrogen (secondary N) is 4. The monoisotopic (exact) mass is 982 g/mol. The van der Waals surface area contributed by atoms with Gasteiger partial charge in [0.25, 0.3) is 0 Å². The highest BCUT2D eigenvalue weighted by molar-refractivity contribution is 5.99. The number of ether oxygens (including phenoxy) is 2. The van der Waals surface area contributed by atoms with Gasteiger partial charge in [0, 0.05) is 84.5 Å². The first-order valence-corrected chi connectivity index (χ1v) is 25.4. The smallest absolute Gasteiger partial charge is 0.303 e. The number of ketones is 3. The van der Waals surface area contributed by atoms with Gasteiger partial charge >= 0.3 is 5.97 Å². The molecule has 0 radical (unpaired) electrons. The molecule has 400 valence electrons. The number of carbonyl (C=O) groups excluding carboxylic acids is 7. The van der Waals surface area contributed by atoms with E-state index in [9.17, 15) is 38.4 Å². The first kappa shape index (κ1) is 62.5. The number of aromatic amines is 1. The molecule has 0 spiro atoms. The second-order valence-electron chi connectivity index (χ2n) is 20.4. The molecule has 69 heavy (non-hydrogen) atoms. The topological polar surface area (TPSA) is 292 Å². The fraction of sp³-hybridized carbons (Fsp3) is 0.784. The number of amides is 4. The molecule has 18 heteroatoms. The number of H-pyrrole nitrogens is 1. The maximum absolute atomic E-state index is 13.6. The Morgan fingerprint density at radius 2 is 1.19 bits per heavy atom. The van der Waals surface area contributed by atoms with Crippen molar-refractivity contribution < 1.29 is 57.2 Å². The Labute approximate surface area is 415 Å². The summed E-state index contributed by atoms with van der Waals surface area (Å²) < 4.78 is 10.9.